The van der Waals surface area contributed by atoms with Gasteiger partial charge in [0.1, 0.15) is 12.1 Å². The molecule has 0 radical (unpaired) electrons. The normalized spacial score (nSPS) is 19.8. The van der Waals surface area contributed by atoms with E-state index in [1.807, 2.05) is 0 Å². The van der Waals surface area contributed by atoms with Crippen LogP contribution < -0.4 is 10.6 Å². The van der Waals surface area contributed by atoms with Crippen LogP contribution in [0.3, 0.4) is 0 Å². The number of halogens is 1. The third kappa shape index (κ3) is 5.07. The average molecular weight is 502 g/mol. The minimum atomic E-state index is -4.74. The van der Waals surface area contributed by atoms with E-state index in [9.17, 15) is 32.4 Å². The lowest BCUT2D eigenvalue weighted by atomic mass is 10.0. The second-order valence-corrected chi connectivity index (χ2v) is 8.96. The summed E-state index contributed by atoms with van der Waals surface area (Å²) in [6.07, 6.45) is 0. The lowest BCUT2D eigenvalue weighted by Crippen LogP contribution is -2.66. The molecule has 2 fully saturated rings. The molecular formula is C18H20ClN5O8S. The fourth-order valence-corrected chi connectivity index (χ4v) is 4.11. The highest BCUT2D eigenvalue weighted by Gasteiger charge is 2.45. The van der Waals surface area contributed by atoms with E-state index < -0.39 is 58.6 Å². The fraction of sp³-hybridized carbons (Fsp3) is 0.389. The Morgan fingerprint density at radius 3 is 2.33 bits per heavy atom. The van der Waals surface area contributed by atoms with Gasteiger partial charge in [-0.25, -0.2) is 9.10 Å². The molecule has 15 heteroatoms. The molecule has 178 valence electrons. The third-order valence-electron chi connectivity index (χ3n) is 5.16. The standard InChI is InChI=1S/C18H20ClN5O8S/c1-2-22-7-8-23(17(28)16(22)27)18(29)21-13(10-3-5-11(19)6-4-10)14(25)20-12-9-24(15(12)26)33(30,31)32/h3-6,12-13H,2,7-9H2,1H3,(H,20,25)(H,21,29)(H,30,31,32). The Morgan fingerprint density at radius 1 is 1.15 bits per heavy atom. The molecule has 13 nitrogen and oxygen atoms in total. The summed E-state index contributed by atoms with van der Waals surface area (Å²) in [5.74, 6) is -3.83. The average Bonchev–Trinajstić information content (AvgIpc) is 2.75. The van der Waals surface area contributed by atoms with Gasteiger partial charge in [-0.05, 0) is 24.6 Å². The highest BCUT2D eigenvalue weighted by atomic mass is 35.5. The molecular weight excluding hydrogens is 482 g/mol. The SMILES string of the molecule is CCN1CCN(C(=O)NC(C(=O)NC2CN(S(=O)(=O)O)C2=O)c2ccc(Cl)cc2)C(=O)C1=O. The topological polar surface area (TPSA) is 173 Å². The predicted molar refractivity (Wildman–Crippen MR) is 112 cm³/mol. The summed E-state index contributed by atoms with van der Waals surface area (Å²) >= 11 is 5.87. The van der Waals surface area contributed by atoms with E-state index in [1.54, 1.807) is 6.92 Å². The first-order valence-corrected chi connectivity index (χ1v) is 11.5. The van der Waals surface area contributed by atoms with Crippen molar-refractivity contribution in [2.24, 2.45) is 0 Å². The summed E-state index contributed by atoms with van der Waals surface area (Å²) in [6, 6.07) is 2.11. The first-order valence-electron chi connectivity index (χ1n) is 9.70. The van der Waals surface area contributed by atoms with Crippen LogP contribution >= 0.6 is 11.6 Å². The fourth-order valence-electron chi connectivity index (χ4n) is 3.29. The van der Waals surface area contributed by atoms with Crippen molar-refractivity contribution in [1.82, 2.24) is 24.7 Å². The summed E-state index contributed by atoms with van der Waals surface area (Å²) in [6.45, 7) is 1.55. The summed E-state index contributed by atoms with van der Waals surface area (Å²) in [5, 5.41) is 5.00. The van der Waals surface area contributed by atoms with Crippen LogP contribution in [-0.4, -0.2) is 89.0 Å². The van der Waals surface area contributed by atoms with Crippen LogP contribution in [0.2, 0.25) is 5.02 Å². The van der Waals surface area contributed by atoms with Gasteiger partial charge in [-0.2, -0.15) is 8.42 Å². The van der Waals surface area contributed by atoms with Crippen LogP contribution in [0.25, 0.3) is 0 Å². The number of carbonyl (C=O) groups is 5. The van der Waals surface area contributed by atoms with E-state index in [0.717, 1.165) is 0 Å². The van der Waals surface area contributed by atoms with Crippen molar-refractivity contribution in [1.29, 1.82) is 0 Å². The molecule has 0 aromatic heterocycles. The number of likely N-dealkylation sites (N-methyl/N-ethyl adjacent to an activating group) is 1. The largest absolute Gasteiger partial charge is 0.362 e. The van der Waals surface area contributed by atoms with Gasteiger partial charge in [-0.3, -0.25) is 28.6 Å². The molecule has 3 rings (SSSR count). The molecule has 2 aliphatic heterocycles. The Labute approximate surface area is 193 Å². The number of nitrogens with zero attached hydrogens (tertiary/aromatic N) is 3. The van der Waals surface area contributed by atoms with Gasteiger partial charge in [0.05, 0.1) is 6.54 Å². The van der Waals surface area contributed by atoms with Crippen molar-refractivity contribution in [2.45, 2.75) is 19.0 Å². The molecule has 2 heterocycles. The Hall–Kier alpha value is -3.23. The summed E-state index contributed by atoms with van der Waals surface area (Å²) < 4.78 is 31.3. The Morgan fingerprint density at radius 2 is 1.79 bits per heavy atom. The van der Waals surface area contributed by atoms with Gasteiger partial charge in [0.15, 0.2) is 0 Å². The number of nitrogens with one attached hydrogen (secondary N) is 2. The summed E-state index contributed by atoms with van der Waals surface area (Å²) in [4.78, 5) is 63.9. The number of rotatable bonds is 6. The predicted octanol–water partition coefficient (Wildman–Crippen LogP) is -1.09. The summed E-state index contributed by atoms with van der Waals surface area (Å²) in [7, 11) is -4.74. The molecule has 2 saturated heterocycles. The lowest BCUT2D eigenvalue weighted by molar-refractivity contribution is -0.153. The van der Waals surface area contributed by atoms with Crippen LogP contribution in [0.4, 0.5) is 4.79 Å². The zero-order valence-corrected chi connectivity index (χ0v) is 18.8. The first-order chi connectivity index (χ1) is 15.4. The smallest absolute Gasteiger partial charge is 0.341 e. The van der Waals surface area contributed by atoms with Crippen molar-refractivity contribution in [3.05, 3.63) is 34.9 Å². The van der Waals surface area contributed by atoms with E-state index in [0.29, 0.717) is 16.5 Å². The Bertz CT molecular complexity index is 1110. The number of β-lactam (4-membered cyclic amide) rings is 1. The minimum absolute atomic E-state index is 0.0797. The zero-order chi connectivity index (χ0) is 24.5. The number of hydrogen-bond donors (Lipinski definition) is 3. The molecule has 0 spiro atoms. The second-order valence-electron chi connectivity index (χ2n) is 7.18. The molecule has 6 amide bonds. The minimum Gasteiger partial charge on any atom is -0.341 e. The van der Waals surface area contributed by atoms with E-state index in [2.05, 4.69) is 10.6 Å². The summed E-state index contributed by atoms with van der Waals surface area (Å²) in [5.41, 5.74) is 0.245. The molecule has 1 aromatic rings. The highest BCUT2D eigenvalue weighted by molar-refractivity contribution is 7.84. The van der Waals surface area contributed by atoms with Crippen LogP contribution in [-0.2, 0) is 29.5 Å². The maximum atomic E-state index is 12.9. The molecule has 3 N–H and O–H groups in total. The molecule has 2 unspecified atom stereocenters. The van der Waals surface area contributed by atoms with E-state index in [-0.39, 0.29) is 23.0 Å². The van der Waals surface area contributed by atoms with Crippen molar-refractivity contribution in [2.75, 3.05) is 26.2 Å². The molecule has 0 saturated carbocycles. The number of benzene rings is 1. The molecule has 0 bridgehead atoms. The molecule has 1 aromatic carbocycles. The van der Waals surface area contributed by atoms with Crippen molar-refractivity contribution in [3.8, 4) is 0 Å². The van der Waals surface area contributed by atoms with E-state index >= 15 is 0 Å². The van der Waals surface area contributed by atoms with Gasteiger partial charge >= 0.3 is 28.1 Å². The highest BCUT2D eigenvalue weighted by Crippen LogP contribution is 2.20. The maximum absolute atomic E-state index is 12.9. The number of carbonyl (C=O) groups excluding carboxylic acids is 5. The molecule has 0 aliphatic carbocycles. The monoisotopic (exact) mass is 501 g/mol. The molecule has 2 atom stereocenters. The number of imide groups is 1. The van der Waals surface area contributed by atoms with Crippen molar-refractivity contribution in [3.63, 3.8) is 0 Å². The van der Waals surface area contributed by atoms with Gasteiger partial charge in [0.25, 0.3) is 5.91 Å². The van der Waals surface area contributed by atoms with Crippen molar-refractivity contribution < 1.29 is 36.9 Å². The number of urea groups is 1. The van der Waals surface area contributed by atoms with Gasteiger partial charge in [-0.15, -0.1) is 0 Å². The maximum Gasteiger partial charge on any atom is 0.362 e. The van der Waals surface area contributed by atoms with Crippen LogP contribution in [0.1, 0.15) is 18.5 Å². The zero-order valence-electron chi connectivity index (χ0n) is 17.2. The first kappa shape index (κ1) is 24.4. The van der Waals surface area contributed by atoms with Crippen molar-refractivity contribution >= 4 is 51.6 Å². The second kappa shape index (κ2) is 9.33. The van der Waals surface area contributed by atoms with Gasteiger partial charge < -0.3 is 15.5 Å². The quantitative estimate of drug-likeness (QED) is 0.250. The van der Waals surface area contributed by atoms with Gasteiger partial charge in [0.2, 0.25) is 5.91 Å². The Balaban J connectivity index is 1.76. The Kier molecular flexibility index (Phi) is 6.90. The van der Waals surface area contributed by atoms with Crippen LogP contribution in [0.15, 0.2) is 24.3 Å². The lowest BCUT2D eigenvalue weighted by Gasteiger charge is -2.36. The van der Waals surface area contributed by atoms with Gasteiger partial charge in [0, 0.05) is 24.7 Å². The van der Waals surface area contributed by atoms with Crippen LogP contribution in [0, 0.1) is 0 Å². The number of piperazine rings is 1. The third-order valence-corrected chi connectivity index (χ3v) is 6.29. The number of amides is 6. The van der Waals surface area contributed by atoms with E-state index in [4.69, 9.17) is 16.2 Å². The van der Waals surface area contributed by atoms with E-state index in [1.165, 1.54) is 29.2 Å². The van der Waals surface area contributed by atoms with Crippen LogP contribution in [0.5, 0.6) is 0 Å². The molecule has 33 heavy (non-hydrogen) atoms. The van der Waals surface area contributed by atoms with Gasteiger partial charge in [-0.1, -0.05) is 23.7 Å². The number of hydrogen-bond acceptors (Lipinski definition) is 7. The molecule has 2 aliphatic rings.